The van der Waals surface area contributed by atoms with Crippen LogP contribution in [0.5, 0.6) is 5.75 Å². The van der Waals surface area contributed by atoms with E-state index < -0.39 is 17.7 Å². The summed E-state index contributed by atoms with van der Waals surface area (Å²) in [4.78, 5) is 27.7. The maximum Gasteiger partial charge on any atom is 0.300 e. The molecule has 1 heterocycles. The fraction of sp³-hybridized carbons (Fsp3) is 0.154. The van der Waals surface area contributed by atoms with Gasteiger partial charge in [0, 0.05) is 11.3 Å². The summed E-state index contributed by atoms with van der Waals surface area (Å²) >= 11 is 0. The zero-order chi connectivity index (χ0) is 22.3. The summed E-state index contributed by atoms with van der Waals surface area (Å²) in [6.45, 7) is 5.76. The maximum absolute atomic E-state index is 13.2. The molecule has 0 spiro atoms. The van der Waals surface area contributed by atoms with Gasteiger partial charge in [-0.3, -0.25) is 14.5 Å². The third-order valence-electron chi connectivity index (χ3n) is 5.81. The van der Waals surface area contributed by atoms with Gasteiger partial charge in [-0.25, -0.2) is 0 Å². The fourth-order valence-corrected chi connectivity index (χ4v) is 3.93. The number of anilines is 1. The molecule has 1 aliphatic heterocycles. The normalized spacial score (nSPS) is 17.9. The number of Topliss-reactive ketones (excluding diaryl/α,β-unsaturated/α-hetero) is 1. The quantitative estimate of drug-likeness (QED) is 0.362. The first-order valence-electron chi connectivity index (χ1n) is 10.0. The van der Waals surface area contributed by atoms with E-state index in [1.165, 1.54) is 17.0 Å². The van der Waals surface area contributed by atoms with Crippen molar-refractivity contribution in [1.29, 1.82) is 0 Å². The Kier molecular flexibility index (Phi) is 5.11. The Balaban J connectivity index is 1.97. The van der Waals surface area contributed by atoms with E-state index in [9.17, 15) is 19.8 Å². The summed E-state index contributed by atoms with van der Waals surface area (Å²) in [6, 6.07) is 18.2. The van der Waals surface area contributed by atoms with E-state index >= 15 is 0 Å². The second-order valence-corrected chi connectivity index (χ2v) is 7.85. The van der Waals surface area contributed by atoms with Crippen LogP contribution < -0.4 is 4.90 Å². The molecule has 31 heavy (non-hydrogen) atoms. The van der Waals surface area contributed by atoms with Crippen molar-refractivity contribution in [2.24, 2.45) is 0 Å². The van der Waals surface area contributed by atoms with E-state index in [1.54, 1.807) is 36.4 Å². The van der Waals surface area contributed by atoms with Gasteiger partial charge in [-0.1, -0.05) is 42.5 Å². The van der Waals surface area contributed by atoms with Crippen molar-refractivity contribution in [2.45, 2.75) is 26.8 Å². The van der Waals surface area contributed by atoms with Crippen LogP contribution in [0, 0.1) is 20.8 Å². The largest absolute Gasteiger partial charge is 0.508 e. The van der Waals surface area contributed by atoms with E-state index in [2.05, 4.69) is 0 Å². The molecule has 1 amide bonds. The molecule has 3 aromatic rings. The van der Waals surface area contributed by atoms with Gasteiger partial charge >= 0.3 is 0 Å². The lowest BCUT2D eigenvalue weighted by molar-refractivity contribution is -0.132. The third kappa shape index (κ3) is 3.48. The van der Waals surface area contributed by atoms with E-state index in [0.717, 1.165) is 16.7 Å². The van der Waals surface area contributed by atoms with Crippen molar-refractivity contribution in [3.8, 4) is 5.75 Å². The Morgan fingerprint density at radius 2 is 1.52 bits per heavy atom. The van der Waals surface area contributed by atoms with Crippen molar-refractivity contribution >= 4 is 23.1 Å². The number of para-hydroxylation sites is 1. The number of aliphatic hydroxyl groups excluding tert-OH is 1. The molecular weight excluding hydrogens is 390 g/mol. The van der Waals surface area contributed by atoms with E-state index in [4.69, 9.17) is 0 Å². The van der Waals surface area contributed by atoms with Crippen LogP contribution in [-0.4, -0.2) is 21.9 Å². The number of benzene rings is 3. The number of aryl methyl sites for hydroxylation is 3. The first kappa shape index (κ1) is 20.4. The monoisotopic (exact) mass is 413 g/mol. The minimum Gasteiger partial charge on any atom is -0.508 e. The number of aromatic hydroxyl groups is 1. The molecule has 156 valence electrons. The maximum atomic E-state index is 13.2. The smallest absolute Gasteiger partial charge is 0.300 e. The molecular formula is C26H23NO4. The molecule has 3 aromatic carbocycles. The molecule has 2 N–H and O–H groups in total. The predicted octanol–water partition coefficient (Wildman–Crippen LogP) is 4.94. The molecule has 0 bridgehead atoms. The highest BCUT2D eigenvalue weighted by molar-refractivity contribution is 6.51. The number of amides is 1. The Bertz CT molecular complexity index is 1220. The highest BCUT2D eigenvalue weighted by atomic mass is 16.3. The summed E-state index contributed by atoms with van der Waals surface area (Å²) in [5.74, 6) is -1.57. The van der Waals surface area contributed by atoms with Crippen molar-refractivity contribution in [3.63, 3.8) is 0 Å². The van der Waals surface area contributed by atoms with Gasteiger partial charge in [0.05, 0.1) is 11.6 Å². The number of hydrogen-bond donors (Lipinski definition) is 2. The molecule has 0 saturated carbocycles. The summed E-state index contributed by atoms with van der Waals surface area (Å²) < 4.78 is 0. The lowest BCUT2D eigenvalue weighted by Gasteiger charge is -2.26. The zero-order valence-electron chi connectivity index (χ0n) is 17.6. The van der Waals surface area contributed by atoms with Gasteiger partial charge in [0.2, 0.25) is 0 Å². The fourth-order valence-electron chi connectivity index (χ4n) is 3.93. The van der Waals surface area contributed by atoms with Crippen LogP contribution in [0.2, 0.25) is 0 Å². The number of rotatable bonds is 3. The van der Waals surface area contributed by atoms with Gasteiger partial charge in [0.25, 0.3) is 11.7 Å². The Morgan fingerprint density at radius 3 is 2.16 bits per heavy atom. The minimum absolute atomic E-state index is 0.0298. The molecule has 0 radical (unpaired) electrons. The SMILES string of the molecule is Cc1ccc(/C(O)=C2/C(=O)C(=O)N(c3ccccc3C)C2c2ccc(O)cc2)cc1C. The van der Waals surface area contributed by atoms with Crippen LogP contribution in [0.1, 0.15) is 33.9 Å². The van der Waals surface area contributed by atoms with Gasteiger partial charge in [-0.2, -0.15) is 0 Å². The molecule has 1 unspecified atom stereocenters. The topological polar surface area (TPSA) is 77.8 Å². The number of phenols is 1. The number of hydrogen-bond acceptors (Lipinski definition) is 4. The van der Waals surface area contributed by atoms with Crippen molar-refractivity contribution in [1.82, 2.24) is 0 Å². The first-order valence-corrected chi connectivity index (χ1v) is 10.0. The van der Waals surface area contributed by atoms with Crippen molar-refractivity contribution in [3.05, 3.63) is 100 Å². The minimum atomic E-state index is -0.816. The molecule has 0 aromatic heterocycles. The molecule has 1 atom stereocenters. The molecule has 5 nitrogen and oxygen atoms in total. The van der Waals surface area contributed by atoms with Crippen LogP contribution >= 0.6 is 0 Å². The molecule has 5 heteroatoms. The molecule has 1 fully saturated rings. The molecule has 0 aliphatic carbocycles. The van der Waals surface area contributed by atoms with Crippen LogP contribution in [0.3, 0.4) is 0 Å². The molecule has 1 aliphatic rings. The molecule has 4 rings (SSSR count). The summed E-state index contributed by atoms with van der Waals surface area (Å²) in [5, 5.41) is 20.9. The predicted molar refractivity (Wildman–Crippen MR) is 120 cm³/mol. The van der Waals surface area contributed by atoms with Crippen molar-refractivity contribution < 1.29 is 19.8 Å². The van der Waals surface area contributed by atoms with E-state index in [1.807, 2.05) is 39.0 Å². The van der Waals surface area contributed by atoms with Gasteiger partial charge in [-0.15, -0.1) is 0 Å². The average Bonchev–Trinajstić information content (AvgIpc) is 3.01. The first-order chi connectivity index (χ1) is 14.8. The standard InChI is InChI=1S/C26H23NO4/c1-15-8-9-19(14-17(15)3)24(29)22-23(18-10-12-20(28)13-11-18)27(26(31)25(22)30)21-7-5-4-6-16(21)2/h4-14,23,28-29H,1-3H3/b24-22-. The number of carbonyl (C=O) groups is 2. The van der Waals surface area contributed by atoms with Crippen LogP contribution in [0.25, 0.3) is 5.76 Å². The number of nitrogens with zero attached hydrogens (tertiary/aromatic N) is 1. The Labute approximate surface area is 180 Å². The van der Waals surface area contributed by atoms with Gasteiger partial charge < -0.3 is 10.2 Å². The van der Waals surface area contributed by atoms with Gasteiger partial charge in [0.1, 0.15) is 11.5 Å². The van der Waals surface area contributed by atoms with Crippen molar-refractivity contribution in [2.75, 3.05) is 4.90 Å². The Hall–Kier alpha value is -3.86. The number of phenolic OH excluding ortho intramolecular Hbond substituents is 1. The summed E-state index contributed by atoms with van der Waals surface area (Å²) in [6.07, 6.45) is 0. The van der Waals surface area contributed by atoms with Gasteiger partial charge in [0.15, 0.2) is 0 Å². The number of ketones is 1. The second-order valence-electron chi connectivity index (χ2n) is 7.85. The zero-order valence-corrected chi connectivity index (χ0v) is 17.6. The lowest BCUT2D eigenvalue weighted by atomic mass is 9.94. The highest BCUT2D eigenvalue weighted by Gasteiger charge is 2.47. The van der Waals surface area contributed by atoms with Gasteiger partial charge in [-0.05, 0) is 67.3 Å². The number of carbonyl (C=O) groups excluding carboxylic acids is 2. The summed E-state index contributed by atoms with van der Waals surface area (Å²) in [7, 11) is 0. The van der Waals surface area contributed by atoms with E-state index in [-0.39, 0.29) is 17.1 Å². The van der Waals surface area contributed by atoms with E-state index in [0.29, 0.717) is 16.8 Å². The second kappa shape index (κ2) is 7.76. The van der Waals surface area contributed by atoms with Crippen LogP contribution in [0.4, 0.5) is 5.69 Å². The number of aliphatic hydroxyl groups is 1. The van der Waals surface area contributed by atoms with Crippen LogP contribution in [-0.2, 0) is 9.59 Å². The van der Waals surface area contributed by atoms with Crippen LogP contribution in [0.15, 0.2) is 72.3 Å². The average molecular weight is 413 g/mol. The Morgan fingerprint density at radius 1 is 0.839 bits per heavy atom. The highest BCUT2D eigenvalue weighted by Crippen LogP contribution is 2.43. The lowest BCUT2D eigenvalue weighted by Crippen LogP contribution is -2.30. The molecule has 1 saturated heterocycles. The summed E-state index contributed by atoms with van der Waals surface area (Å²) in [5.41, 5.74) is 4.59. The third-order valence-corrected chi connectivity index (χ3v) is 5.81.